The van der Waals surface area contributed by atoms with Gasteiger partial charge in [0.15, 0.2) is 5.13 Å². The molecule has 4 rings (SSSR count). The Hall–Kier alpha value is -3.20. The van der Waals surface area contributed by atoms with Gasteiger partial charge in [-0.15, -0.1) is 0 Å². The number of rotatable bonds is 3. The van der Waals surface area contributed by atoms with Gasteiger partial charge in [-0.2, -0.15) is 0 Å². The van der Waals surface area contributed by atoms with Gasteiger partial charge in [0.2, 0.25) is 0 Å². The zero-order valence-corrected chi connectivity index (χ0v) is 14.9. The Morgan fingerprint density at radius 2 is 2.00 bits per heavy atom. The highest BCUT2D eigenvalue weighted by Gasteiger charge is 2.25. The van der Waals surface area contributed by atoms with Gasteiger partial charge >= 0.3 is 6.03 Å². The lowest BCUT2D eigenvalue weighted by atomic mass is 10.2. The summed E-state index contributed by atoms with van der Waals surface area (Å²) in [5.74, 6) is -0.647. The highest BCUT2D eigenvalue weighted by atomic mass is 32.1. The summed E-state index contributed by atoms with van der Waals surface area (Å²) in [5, 5.41) is 5.99. The number of carbonyl (C=O) groups is 2. The third-order valence-electron chi connectivity index (χ3n) is 4.12. The highest BCUT2D eigenvalue weighted by Crippen LogP contribution is 2.29. The normalized spacial score (nSPS) is 13.1. The maximum absolute atomic E-state index is 13.0. The van der Waals surface area contributed by atoms with Crippen molar-refractivity contribution in [3.8, 4) is 0 Å². The second kappa shape index (κ2) is 7.20. The summed E-state index contributed by atoms with van der Waals surface area (Å²) in [6, 6.07) is 6.93. The fraction of sp³-hybridized carbons (Fsp3) is 0.167. The van der Waals surface area contributed by atoms with E-state index in [0.29, 0.717) is 35.9 Å². The quantitative estimate of drug-likeness (QED) is 0.718. The molecule has 3 amide bonds. The fourth-order valence-electron chi connectivity index (χ4n) is 2.72. The number of benzene rings is 1. The molecule has 0 unspecified atom stereocenters. The van der Waals surface area contributed by atoms with Crippen molar-refractivity contribution in [2.24, 2.45) is 0 Å². The van der Waals surface area contributed by atoms with Crippen LogP contribution < -0.4 is 10.6 Å². The molecular formula is C18H15FN4O3S. The second-order valence-corrected chi connectivity index (χ2v) is 7.05. The molecule has 27 heavy (non-hydrogen) atoms. The van der Waals surface area contributed by atoms with E-state index in [-0.39, 0.29) is 17.8 Å². The molecule has 138 valence electrons. The van der Waals surface area contributed by atoms with Crippen LogP contribution in [-0.4, -0.2) is 28.4 Å². The van der Waals surface area contributed by atoms with Gasteiger partial charge < -0.3 is 14.6 Å². The highest BCUT2D eigenvalue weighted by molar-refractivity contribution is 7.15. The summed E-state index contributed by atoms with van der Waals surface area (Å²) < 4.78 is 17.9. The number of anilines is 2. The molecule has 1 aromatic carbocycles. The van der Waals surface area contributed by atoms with Crippen molar-refractivity contribution >= 4 is 34.1 Å². The Kier molecular flexibility index (Phi) is 4.59. The standard InChI is InChI=1S/C18H15FN4O3S/c19-12-1-3-13(4-2-12)20-18(25)23-7-5-14-15(9-23)27-17(21-14)22-16(24)11-6-8-26-10-11/h1-4,6,8,10H,5,7,9H2,(H,20,25)(H,21,22,24). The summed E-state index contributed by atoms with van der Waals surface area (Å²) in [6.07, 6.45) is 3.40. The minimum Gasteiger partial charge on any atom is -0.472 e. The Labute approximate surface area is 157 Å². The maximum atomic E-state index is 13.0. The first-order valence-electron chi connectivity index (χ1n) is 8.22. The Bertz CT molecular complexity index is 969. The number of urea groups is 1. The predicted molar refractivity (Wildman–Crippen MR) is 98.3 cm³/mol. The number of thiazole rings is 1. The van der Waals surface area contributed by atoms with E-state index < -0.39 is 0 Å². The lowest BCUT2D eigenvalue weighted by Crippen LogP contribution is -2.38. The molecule has 9 heteroatoms. The third kappa shape index (κ3) is 3.82. The molecule has 1 aliphatic rings. The number of hydrogen-bond acceptors (Lipinski definition) is 5. The number of nitrogens with zero attached hydrogens (tertiary/aromatic N) is 2. The molecule has 0 bridgehead atoms. The molecule has 3 heterocycles. The first kappa shape index (κ1) is 17.2. The van der Waals surface area contributed by atoms with Crippen molar-refractivity contribution in [3.05, 3.63) is 64.8 Å². The smallest absolute Gasteiger partial charge is 0.322 e. The molecule has 0 fully saturated rings. The van der Waals surface area contributed by atoms with E-state index >= 15 is 0 Å². The molecule has 0 saturated carbocycles. The van der Waals surface area contributed by atoms with Crippen LogP contribution in [0.2, 0.25) is 0 Å². The van der Waals surface area contributed by atoms with Gasteiger partial charge in [0, 0.05) is 23.5 Å². The lowest BCUT2D eigenvalue weighted by Gasteiger charge is -2.26. The number of fused-ring (bicyclic) bond motifs is 1. The summed E-state index contributed by atoms with van der Waals surface area (Å²) in [4.78, 5) is 31.5. The van der Waals surface area contributed by atoms with Crippen molar-refractivity contribution < 1.29 is 18.4 Å². The molecule has 0 aliphatic carbocycles. The Morgan fingerprint density at radius 3 is 2.74 bits per heavy atom. The van der Waals surface area contributed by atoms with Gasteiger partial charge in [-0.3, -0.25) is 10.1 Å². The fourth-order valence-corrected chi connectivity index (χ4v) is 3.74. The lowest BCUT2D eigenvalue weighted by molar-refractivity contribution is 0.102. The van der Waals surface area contributed by atoms with E-state index in [9.17, 15) is 14.0 Å². The SMILES string of the molecule is O=C(Nc1nc2c(s1)CN(C(=O)Nc1ccc(F)cc1)CC2)c1ccoc1. The van der Waals surface area contributed by atoms with Crippen LogP contribution in [0.3, 0.4) is 0 Å². The average molecular weight is 386 g/mol. The van der Waals surface area contributed by atoms with Crippen LogP contribution in [0.1, 0.15) is 20.9 Å². The average Bonchev–Trinajstić information content (AvgIpc) is 3.32. The monoisotopic (exact) mass is 386 g/mol. The summed E-state index contributed by atoms with van der Waals surface area (Å²) >= 11 is 1.35. The van der Waals surface area contributed by atoms with E-state index in [1.165, 1.54) is 48.1 Å². The number of hydrogen-bond donors (Lipinski definition) is 2. The molecule has 3 aromatic rings. The maximum Gasteiger partial charge on any atom is 0.322 e. The van der Waals surface area contributed by atoms with E-state index in [4.69, 9.17) is 4.42 Å². The minimum atomic E-state index is -0.356. The first-order chi connectivity index (χ1) is 13.1. The Morgan fingerprint density at radius 1 is 1.19 bits per heavy atom. The van der Waals surface area contributed by atoms with E-state index in [2.05, 4.69) is 15.6 Å². The van der Waals surface area contributed by atoms with Crippen LogP contribution >= 0.6 is 11.3 Å². The van der Waals surface area contributed by atoms with Crippen LogP contribution in [0.4, 0.5) is 20.0 Å². The van der Waals surface area contributed by atoms with Gasteiger partial charge in [-0.1, -0.05) is 11.3 Å². The molecule has 0 spiro atoms. The number of furan rings is 1. The van der Waals surface area contributed by atoms with E-state index in [0.717, 1.165) is 10.6 Å². The summed E-state index contributed by atoms with van der Waals surface area (Å²) in [6.45, 7) is 0.917. The molecular weight excluding hydrogens is 371 g/mol. The van der Waals surface area contributed by atoms with Crippen molar-refractivity contribution in [1.29, 1.82) is 0 Å². The van der Waals surface area contributed by atoms with Crippen LogP contribution in [0.25, 0.3) is 0 Å². The van der Waals surface area contributed by atoms with Crippen molar-refractivity contribution in [2.45, 2.75) is 13.0 Å². The van der Waals surface area contributed by atoms with Gasteiger partial charge in [0.25, 0.3) is 5.91 Å². The zero-order chi connectivity index (χ0) is 18.8. The van der Waals surface area contributed by atoms with Gasteiger partial charge in [-0.25, -0.2) is 14.2 Å². The van der Waals surface area contributed by atoms with Crippen molar-refractivity contribution in [3.63, 3.8) is 0 Å². The number of amides is 3. The molecule has 0 radical (unpaired) electrons. The predicted octanol–water partition coefficient (Wildman–Crippen LogP) is 3.72. The zero-order valence-electron chi connectivity index (χ0n) is 14.1. The summed E-state index contributed by atoms with van der Waals surface area (Å²) in [5.41, 5.74) is 1.83. The van der Waals surface area contributed by atoms with Crippen molar-refractivity contribution in [1.82, 2.24) is 9.88 Å². The van der Waals surface area contributed by atoms with Crippen LogP contribution in [0.5, 0.6) is 0 Å². The van der Waals surface area contributed by atoms with Gasteiger partial charge in [-0.05, 0) is 30.3 Å². The molecule has 2 aromatic heterocycles. The molecule has 0 saturated heterocycles. The minimum absolute atomic E-state index is 0.260. The van der Waals surface area contributed by atoms with Crippen LogP contribution in [0.15, 0.2) is 47.3 Å². The van der Waals surface area contributed by atoms with Gasteiger partial charge in [0.1, 0.15) is 12.1 Å². The third-order valence-corrected chi connectivity index (χ3v) is 5.12. The van der Waals surface area contributed by atoms with Crippen LogP contribution in [0, 0.1) is 5.82 Å². The molecule has 1 aliphatic heterocycles. The van der Waals surface area contributed by atoms with Crippen LogP contribution in [-0.2, 0) is 13.0 Å². The number of halogens is 1. The van der Waals surface area contributed by atoms with E-state index in [1.807, 2.05) is 0 Å². The number of nitrogens with one attached hydrogen (secondary N) is 2. The first-order valence-corrected chi connectivity index (χ1v) is 9.04. The second-order valence-electron chi connectivity index (χ2n) is 5.96. The topological polar surface area (TPSA) is 87.5 Å². The Balaban J connectivity index is 1.40. The molecule has 2 N–H and O–H groups in total. The van der Waals surface area contributed by atoms with Crippen molar-refractivity contribution in [2.75, 3.05) is 17.2 Å². The largest absolute Gasteiger partial charge is 0.472 e. The van der Waals surface area contributed by atoms with Gasteiger partial charge in [0.05, 0.1) is 24.1 Å². The van der Waals surface area contributed by atoms with E-state index in [1.54, 1.807) is 11.0 Å². The summed E-state index contributed by atoms with van der Waals surface area (Å²) in [7, 11) is 0. The molecule has 7 nitrogen and oxygen atoms in total. The molecule has 0 atom stereocenters. The number of carbonyl (C=O) groups excluding carboxylic acids is 2. The number of aromatic nitrogens is 1.